The van der Waals surface area contributed by atoms with E-state index in [1.807, 2.05) is 6.07 Å². The van der Waals surface area contributed by atoms with E-state index in [1.54, 1.807) is 6.07 Å². The summed E-state index contributed by atoms with van der Waals surface area (Å²) in [5.74, 6) is 1.04. The first-order valence-electron chi connectivity index (χ1n) is 4.68. The van der Waals surface area contributed by atoms with E-state index in [0.717, 1.165) is 18.4 Å². The third-order valence-corrected chi connectivity index (χ3v) is 2.77. The zero-order valence-corrected chi connectivity index (χ0v) is 9.03. The number of ether oxygens (including phenoxy) is 1. The van der Waals surface area contributed by atoms with E-state index in [4.69, 9.17) is 21.9 Å². The second-order valence-electron chi connectivity index (χ2n) is 3.51. The average molecular weight is 224 g/mol. The van der Waals surface area contributed by atoms with Crippen molar-refractivity contribution < 1.29 is 4.74 Å². The van der Waals surface area contributed by atoms with Gasteiger partial charge in [0, 0.05) is 10.6 Å². The number of hydrogen-bond donors (Lipinski definition) is 0. The van der Waals surface area contributed by atoms with Crippen molar-refractivity contribution in [3.8, 4) is 5.75 Å². The highest BCUT2D eigenvalue weighted by Crippen LogP contribution is 2.47. The molecule has 78 valence electrons. The first-order chi connectivity index (χ1) is 7.26. The number of methoxy groups -OCH3 is 1. The fraction of sp³-hybridized carbons (Fsp3) is 0.400. The maximum atomic E-state index is 8.46. The summed E-state index contributed by atoms with van der Waals surface area (Å²) in [4.78, 5) is 2.81. The molecule has 1 aliphatic rings. The molecule has 0 N–H and O–H groups in total. The maximum Gasteiger partial charge on any atom is 0.137 e. The molecule has 0 heterocycles. The molecule has 1 aromatic rings. The third-order valence-electron chi connectivity index (χ3n) is 2.47. The van der Waals surface area contributed by atoms with Gasteiger partial charge in [-0.25, -0.2) is 0 Å². The fourth-order valence-corrected chi connectivity index (χ4v) is 1.82. The zero-order chi connectivity index (χ0) is 10.8. The molecule has 15 heavy (non-hydrogen) atoms. The van der Waals surface area contributed by atoms with Crippen molar-refractivity contribution in [3.63, 3.8) is 0 Å². The van der Waals surface area contributed by atoms with Crippen molar-refractivity contribution in [2.45, 2.75) is 18.8 Å². The van der Waals surface area contributed by atoms with Crippen LogP contribution < -0.4 is 4.74 Å². The van der Waals surface area contributed by atoms with Crippen molar-refractivity contribution in [1.29, 1.82) is 0 Å². The summed E-state index contributed by atoms with van der Waals surface area (Å²) in [5, 5.41) is 4.23. The summed E-state index contributed by atoms with van der Waals surface area (Å²) < 4.78 is 5.07. The van der Waals surface area contributed by atoms with Crippen LogP contribution in [0, 0.1) is 0 Å². The topological polar surface area (TPSA) is 58.0 Å². The van der Waals surface area contributed by atoms with E-state index >= 15 is 0 Å². The molecule has 2 rings (SSSR count). The maximum absolute atomic E-state index is 8.46. The van der Waals surface area contributed by atoms with E-state index < -0.39 is 0 Å². The lowest BCUT2D eigenvalue weighted by Gasteiger charge is -2.08. The lowest BCUT2D eigenvalue weighted by atomic mass is 10.1. The molecule has 1 saturated carbocycles. The highest BCUT2D eigenvalue weighted by molar-refractivity contribution is 6.32. The number of halogens is 1. The lowest BCUT2D eigenvalue weighted by molar-refractivity contribution is 0.415. The van der Waals surface area contributed by atoms with Gasteiger partial charge in [0.25, 0.3) is 0 Å². The molecule has 0 spiro atoms. The van der Waals surface area contributed by atoms with E-state index in [2.05, 4.69) is 10.0 Å². The monoisotopic (exact) mass is 223 g/mol. The van der Waals surface area contributed by atoms with E-state index in [1.165, 1.54) is 7.11 Å². The van der Waals surface area contributed by atoms with Gasteiger partial charge in [-0.3, -0.25) is 0 Å². The molecule has 4 nitrogen and oxygen atoms in total. The minimum absolute atomic E-state index is 0.494. The predicted octanol–water partition coefficient (Wildman–Crippen LogP) is 4.17. The second-order valence-corrected chi connectivity index (χ2v) is 3.92. The normalized spacial score (nSPS) is 14.5. The predicted molar refractivity (Wildman–Crippen MR) is 58.8 cm³/mol. The summed E-state index contributed by atoms with van der Waals surface area (Å²) in [5.41, 5.74) is 10.1. The third kappa shape index (κ3) is 2.01. The largest absolute Gasteiger partial charge is 0.495 e. The van der Waals surface area contributed by atoms with Crippen LogP contribution in [0.1, 0.15) is 24.3 Å². The minimum Gasteiger partial charge on any atom is -0.495 e. The Bertz CT molecular complexity index is 437. The molecule has 1 fully saturated rings. The number of azide groups is 1. The number of hydrogen-bond acceptors (Lipinski definition) is 2. The first kappa shape index (κ1) is 10.1. The SMILES string of the molecule is COc1cc(N=[N+]=[N-])c(C2CC2)cc1Cl. The quantitative estimate of drug-likeness (QED) is 0.431. The van der Waals surface area contributed by atoms with Crippen LogP contribution in [-0.4, -0.2) is 7.11 Å². The highest BCUT2D eigenvalue weighted by atomic mass is 35.5. The number of nitrogens with zero attached hydrogens (tertiary/aromatic N) is 3. The van der Waals surface area contributed by atoms with Gasteiger partial charge >= 0.3 is 0 Å². The van der Waals surface area contributed by atoms with Gasteiger partial charge in [0.15, 0.2) is 0 Å². The number of rotatable bonds is 3. The van der Waals surface area contributed by atoms with Gasteiger partial charge in [-0.2, -0.15) is 0 Å². The van der Waals surface area contributed by atoms with Crippen LogP contribution in [0.4, 0.5) is 5.69 Å². The molecule has 1 aromatic carbocycles. The van der Waals surface area contributed by atoms with Gasteiger partial charge in [0.05, 0.1) is 12.1 Å². The van der Waals surface area contributed by atoms with Crippen LogP contribution in [0.5, 0.6) is 5.75 Å². The molecule has 0 unspecified atom stereocenters. The van der Waals surface area contributed by atoms with Gasteiger partial charge in [-0.05, 0) is 42.0 Å². The van der Waals surface area contributed by atoms with Gasteiger partial charge in [0.2, 0.25) is 0 Å². The summed E-state index contributed by atoms with van der Waals surface area (Å²) in [6.45, 7) is 0. The van der Waals surface area contributed by atoms with Crippen molar-refractivity contribution in [2.24, 2.45) is 5.11 Å². The average Bonchev–Trinajstić information content (AvgIpc) is 3.04. The van der Waals surface area contributed by atoms with Gasteiger partial charge < -0.3 is 4.74 Å². The van der Waals surface area contributed by atoms with Crippen LogP contribution in [0.3, 0.4) is 0 Å². The van der Waals surface area contributed by atoms with Crippen LogP contribution in [0.2, 0.25) is 5.02 Å². The van der Waals surface area contributed by atoms with Crippen LogP contribution in [-0.2, 0) is 0 Å². The summed E-state index contributed by atoms with van der Waals surface area (Å²) in [7, 11) is 1.54. The molecule has 0 aromatic heterocycles. The molecular weight excluding hydrogens is 214 g/mol. The van der Waals surface area contributed by atoms with Crippen LogP contribution in [0.15, 0.2) is 17.2 Å². The molecule has 0 aliphatic heterocycles. The minimum atomic E-state index is 0.494. The molecule has 1 aliphatic carbocycles. The second kappa shape index (κ2) is 4.01. The van der Waals surface area contributed by atoms with Crippen molar-refractivity contribution >= 4 is 17.3 Å². The Morgan fingerprint density at radius 1 is 1.53 bits per heavy atom. The molecule has 0 amide bonds. The Labute approximate surface area is 92.4 Å². The van der Waals surface area contributed by atoms with Gasteiger partial charge in [-0.15, -0.1) is 0 Å². The molecule has 0 saturated heterocycles. The standard InChI is InChI=1S/C10H10ClN3O/c1-15-10-5-9(13-14-12)7(4-8(10)11)6-2-3-6/h4-6H,2-3H2,1H3. The molecule has 0 bridgehead atoms. The number of benzene rings is 1. The van der Waals surface area contributed by atoms with Gasteiger partial charge in [0.1, 0.15) is 5.75 Å². The van der Waals surface area contributed by atoms with E-state index in [0.29, 0.717) is 22.4 Å². The summed E-state index contributed by atoms with van der Waals surface area (Å²) in [6.07, 6.45) is 2.27. The van der Waals surface area contributed by atoms with Crippen molar-refractivity contribution in [1.82, 2.24) is 0 Å². The highest BCUT2D eigenvalue weighted by Gasteiger charge is 2.26. The summed E-state index contributed by atoms with van der Waals surface area (Å²) >= 11 is 6.01. The summed E-state index contributed by atoms with van der Waals surface area (Å²) in [6, 6.07) is 3.53. The van der Waals surface area contributed by atoms with Crippen molar-refractivity contribution in [2.75, 3.05) is 7.11 Å². The molecule has 0 radical (unpaired) electrons. The Kier molecular flexibility index (Phi) is 2.71. The first-order valence-corrected chi connectivity index (χ1v) is 5.06. The molecular formula is C10H10ClN3O. The Hall–Kier alpha value is -1.38. The van der Waals surface area contributed by atoms with Crippen LogP contribution >= 0.6 is 11.6 Å². The molecule has 0 atom stereocenters. The Morgan fingerprint density at radius 3 is 2.80 bits per heavy atom. The van der Waals surface area contributed by atoms with E-state index in [9.17, 15) is 0 Å². The van der Waals surface area contributed by atoms with Crippen LogP contribution in [0.25, 0.3) is 10.4 Å². The zero-order valence-electron chi connectivity index (χ0n) is 8.27. The molecule has 5 heteroatoms. The fourth-order valence-electron chi connectivity index (χ4n) is 1.57. The van der Waals surface area contributed by atoms with Gasteiger partial charge in [-0.1, -0.05) is 16.7 Å². The smallest absolute Gasteiger partial charge is 0.137 e. The lowest BCUT2D eigenvalue weighted by Crippen LogP contribution is -1.87. The van der Waals surface area contributed by atoms with E-state index in [-0.39, 0.29) is 0 Å². The van der Waals surface area contributed by atoms with Crippen molar-refractivity contribution in [3.05, 3.63) is 33.2 Å². The Balaban J connectivity index is 2.52. The Morgan fingerprint density at radius 2 is 2.27 bits per heavy atom.